The van der Waals surface area contributed by atoms with Crippen LogP contribution in [0.5, 0.6) is 0 Å². The summed E-state index contributed by atoms with van der Waals surface area (Å²) in [5.74, 6) is 0.294. The minimum atomic E-state index is 0.294. The third kappa shape index (κ3) is 2.51. The monoisotopic (exact) mass is 207 g/mol. The Morgan fingerprint density at radius 1 is 1.36 bits per heavy atom. The standard InChI is InChI=1S/C11H13NOS/c13-10-4-2-1-3-9(5-10)6-11-7-12-8-14-11/h5,7-8H,1-4,6H2. The summed E-state index contributed by atoms with van der Waals surface area (Å²) in [7, 11) is 0. The smallest absolute Gasteiger partial charge is 0.155 e. The van der Waals surface area contributed by atoms with Crippen molar-refractivity contribution >= 4 is 17.1 Å². The Morgan fingerprint density at radius 2 is 2.21 bits per heavy atom. The molecule has 1 aliphatic rings. The number of hydrogen-bond acceptors (Lipinski definition) is 3. The van der Waals surface area contributed by atoms with Crippen molar-refractivity contribution < 1.29 is 4.79 Å². The molecule has 0 aliphatic heterocycles. The average Bonchev–Trinajstić information content (AvgIpc) is 2.56. The van der Waals surface area contributed by atoms with Crippen LogP contribution in [-0.2, 0) is 11.2 Å². The highest BCUT2D eigenvalue weighted by Crippen LogP contribution is 2.20. The van der Waals surface area contributed by atoms with Gasteiger partial charge in [-0.05, 0) is 25.3 Å². The zero-order valence-electron chi connectivity index (χ0n) is 8.03. The van der Waals surface area contributed by atoms with Gasteiger partial charge >= 0.3 is 0 Å². The highest BCUT2D eigenvalue weighted by Gasteiger charge is 2.09. The van der Waals surface area contributed by atoms with Gasteiger partial charge in [-0.3, -0.25) is 9.78 Å². The van der Waals surface area contributed by atoms with Crippen LogP contribution in [0.2, 0.25) is 0 Å². The number of ketones is 1. The summed E-state index contributed by atoms with van der Waals surface area (Å²) in [6.45, 7) is 0. The lowest BCUT2D eigenvalue weighted by Crippen LogP contribution is -1.92. The molecular weight excluding hydrogens is 194 g/mol. The van der Waals surface area contributed by atoms with E-state index in [2.05, 4.69) is 4.98 Å². The fraction of sp³-hybridized carbons (Fsp3) is 0.455. The molecular formula is C11H13NOS. The molecule has 0 spiro atoms. The Balaban J connectivity index is 2.05. The molecule has 0 radical (unpaired) electrons. The lowest BCUT2D eigenvalue weighted by molar-refractivity contribution is -0.114. The van der Waals surface area contributed by atoms with Crippen LogP contribution in [0.4, 0.5) is 0 Å². The number of carbonyl (C=O) groups excluding carboxylic acids is 1. The third-order valence-corrected chi connectivity index (χ3v) is 3.20. The summed E-state index contributed by atoms with van der Waals surface area (Å²) in [4.78, 5) is 16.6. The third-order valence-electron chi connectivity index (χ3n) is 2.42. The quantitative estimate of drug-likeness (QED) is 0.746. The van der Waals surface area contributed by atoms with Crippen LogP contribution < -0.4 is 0 Å². The molecule has 3 heteroatoms. The van der Waals surface area contributed by atoms with Gasteiger partial charge in [-0.2, -0.15) is 0 Å². The maximum absolute atomic E-state index is 11.3. The molecule has 0 aromatic carbocycles. The van der Waals surface area contributed by atoms with Crippen molar-refractivity contribution in [2.24, 2.45) is 0 Å². The van der Waals surface area contributed by atoms with E-state index in [1.165, 1.54) is 10.5 Å². The molecule has 0 saturated carbocycles. The summed E-state index contributed by atoms with van der Waals surface area (Å²) in [6, 6.07) is 0. The molecule has 2 rings (SSSR count). The Kier molecular flexibility index (Phi) is 3.09. The van der Waals surface area contributed by atoms with Crippen LogP contribution in [0.25, 0.3) is 0 Å². The predicted molar refractivity (Wildman–Crippen MR) is 57.4 cm³/mol. The number of thiazole rings is 1. The fourth-order valence-corrected chi connectivity index (χ4v) is 2.36. The zero-order chi connectivity index (χ0) is 9.80. The number of hydrogen-bond donors (Lipinski definition) is 0. The largest absolute Gasteiger partial charge is 0.295 e. The molecule has 1 aromatic rings. The van der Waals surface area contributed by atoms with Gasteiger partial charge in [0.05, 0.1) is 5.51 Å². The van der Waals surface area contributed by atoms with Crippen LogP contribution in [0.15, 0.2) is 23.4 Å². The molecule has 1 heterocycles. The fourth-order valence-electron chi connectivity index (χ4n) is 1.72. The van der Waals surface area contributed by atoms with Crippen molar-refractivity contribution in [3.63, 3.8) is 0 Å². The normalized spacial score (nSPS) is 17.7. The van der Waals surface area contributed by atoms with E-state index < -0.39 is 0 Å². The van der Waals surface area contributed by atoms with Crippen molar-refractivity contribution in [3.8, 4) is 0 Å². The first-order valence-corrected chi connectivity index (χ1v) is 5.82. The van der Waals surface area contributed by atoms with Gasteiger partial charge in [0, 0.05) is 23.9 Å². The van der Waals surface area contributed by atoms with E-state index in [0.29, 0.717) is 5.78 Å². The van der Waals surface area contributed by atoms with Gasteiger partial charge in [0.1, 0.15) is 0 Å². The average molecular weight is 207 g/mol. The first-order chi connectivity index (χ1) is 6.84. The first kappa shape index (κ1) is 9.59. The molecule has 0 atom stereocenters. The number of allylic oxidation sites excluding steroid dienone is 2. The molecule has 0 bridgehead atoms. The Morgan fingerprint density at radius 3 is 3.00 bits per heavy atom. The lowest BCUT2D eigenvalue weighted by atomic mass is 10.1. The van der Waals surface area contributed by atoms with E-state index in [1.807, 2.05) is 17.8 Å². The van der Waals surface area contributed by atoms with E-state index in [9.17, 15) is 4.79 Å². The second-order valence-corrected chi connectivity index (χ2v) is 4.59. The van der Waals surface area contributed by atoms with Gasteiger partial charge in [-0.1, -0.05) is 5.57 Å². The number of carbonyl (C=O) groups is 1. The van der Waals surface area contributed by atoms with E-state index in [4.69, 9.17) is 0 Å². The second kappa shape index (κ2) is 4.51. The first-order valence-electron chi connectivity index (χ1n) is 4.94. The van der Waals surface area contributed by atoms with Crippen molar-refractivity contribution in [2.45, 2.75) is 32.1 Å². The van der Waals surface area contributed by atoms with Gasteiger partial charge in [-0.25, -0.2) is 0 Å². The van der Waals surface area contributed by atoms with Crippen LogP contribution in [0, 0.1) is 0 Å². The van der Waals surface area contributed by atoms with E-state index in [0.717, 1.165) is 32.1 Å². The maximum Gasteiger partial charge on any atom is 0.155 e. The molecule has 0 N–H and O–H groups in total. The molecule has 2 nitrogen and oxygen atoms in total. The summed E-state index contributed by atoms with van der Waals surface area (Å²) in [5, 5.41) is 0. The summed E-state index contributed by atoms with van der Waals surface area (Å²) >= 11 is 1.66. The van der Waals surface area contributed by atoms with Crippen molar-refractivity contribution in [3.05, 3.63) is 28.2 Å². The Labute approximate surface area is 87.7 Å². The maximum atomic E-state index is 11.3. The van der Waals surface area contributed by atoms with E-state index >= 15 is 0 Å². The van der Waals surface area contributed by atoms with Gasteiger partial charge in [0.2, 0.25) is 0 Å². The summed E-state index contributed by atoms with van der Waals surface area (Å²) in [5.41, 5.74) is 3.12. The summed E-state index contributed by atoms with van der Waals surface area (Å²) < 4.78 is 0. The SMILES string of the molecule is O=C1C=C(Cc2cncs2)CCCC1. The molecule has 0 fully saturated rings. The molecule has 1 aromatic heterocycles. The Hall–Kier alpha value is -0.960. The highest BCUT2D eigenvalue weighted by atomic mass is 32.1. The van der Waals surface area contributed by atoms with Crippen LogP contribution >= 0.6 is 11.3 Å². The molecule has 1 aliphatic carbocycles. The number of rotatable bonds is 2. The van der Waals surface area contributed by atoms with Crippen LogP contribution in [0.3, 0.4) is 0 Å². The van der Waals surface area contributed by atoms with Crippen molar-refractivity contribution in [2.75, 3.05) is 0 Å². The topological polar surface area (TPSA) is 30.0 Å². The Bertz CT molecular complexity index is 340. The minimum absolute atomic E-state index is 0.294. The summed E-state index contributed by atoms with van der Waals surface area (Å²) in [6.07, 6.45) is 8.64. The van der Waals surface area contributed by atoms with Crippen LogP contribution in [0.1, 0.15) is 30.6 Å². The van der Waals surface area contributed by atoms with Gasteiger partial charge < -0.3 is 0 Å². The number of nitrogens with zero attached hydrogens (tertiary/aromatic N) is 1. The van der Waals surface area contributed by atoms with Gasteiger partial charge in [0.25, 0.3) is 0 Å². The molecule has 0 saturated heterocycles. The molecule has 0 amide bonds. The predicted octanol–water partition coefficient (Wildman–Crippen LogP) is 2.76. The zero-order valence-corrected chi connectivity index (χ0v) is 8.85. The minimum Gasteiger partial charge on any atom is -0.295 e. The second-order valence-electron chi connectivity index (χ2n) is 3.62. The van der Waals surface area contributed by atoms with E-state index in [-0.39, 0.29) is 0 Å². The van der Waals surface area contributed by atoms with Crippen molar-refractivity contribution in [1.29, 1.82) is 0 Å². The van der Waals surface area contributed by atoms with Gasteiger partial charge in [-0.15, -0.1) is 11.3 Å². The van der Waals surface area contributed by atoms with Crippen molar-refractivity contribution in [1.82, 2.24) is 4.98 Å². The lowest BCUT2D eigenvalue weighted by Gasteiger charge is -2.01. The molecule has 74 valence electrons. The van der Waals surface area contributed by atoms with Gasteiger partial charge in [0.15, 0.2) is 5.78 Å². The number of aromatic nitrogens is 1. The molecule has 14 heavy (non-hydrogen) atoms. The highest BCUT2D eigenvalue weighted by molar-refractivity contribution is 7.09. The van der Waals surface area contributed by atoms with E-state index in [1.54, 1.807) is 11.3 Å². The van der Waals surface area contributed by atoms with Crippen LogP contribution in [-0.4, -0.2) is 10.8 Å². The molecule has 0 unspecified atom stereocenters.